The summed E-state index contributed by atoms with van der Waals surface area (Å²) in [5, 5.41) is 0.135. The number of ether oxygens (including phenoxy) is 1. The van der Waals surface area contributed by atoms with Gasteiger partial charge in [-0.2, -0.15) is 0 Å². The predicted octanol–water partition coefficient (Wildman–Crippen LogP) is 2.86. The van der Waals surface area contributed by atoms with Gasteiger partial charge in [0.25, 0.3) is 0 Å². The van der Waals surface area contributed by atoms with Gasteiger partial charge >= 0.3 is 5.97 Å². The third kappa shape index (κ3) is 5.02. The molecule has 0 aliphatic heterocycles. The molecule has 100 valence electrons. The molecule has 0 saturated heterocycles. The minimum absolute atomic E-state index is 0.135. The zero-order valence-corrected chi connectivity index (χ0v) is 11.3. The van der Waals surface area contributed by atoms with Gasteiger partial charge in [0.15, 0.2) is 0 Å². The van der Waals surface area contributed by atoms with E-state index in [4.69, 9.17) is 11.6 Å². The molecule has 3 nitrogen and oxygen atoms in total. The summed E-state index contributed by atoms with van der Waals surface area (Å²) in [4.78, 5) is 13.0. The zero-order valence-electron chi connectivity index (χ0n) is 10.6. The first kappa shape index (κ1) is 14.9. The Morgan fingerprint density at radius 2 is 2.22 bits per heavy atom. The summed E-state index contributed by atoms with van der Waals surface area (Å²) in [5.41, 5.74) is 0.946. The quantitative estimate of drug-likeness (QED) is 0.747. The molecule has 0 aromatic heterocycles. The molecule has 0 aliphatic rings. The van der Waals surface area contributed by atoms with Crippen molar-refractivity contribution in [3.63, 3.8) is 0 Å². The number of benzene rings is 1. The van der Waals surface area contributed by atoms with Crippen LogP contribution in [-0.4, -0.2) is 31.6 Å². The number of carbonyl (C=O) groups excluding carboxylic acids is 1. The first-order valence-electron chi connectivity index (χ1n) is 5.72. The Morgan fingerprint density at radius 1 is 1.50 bits per heavy atom. The summed E-state index contributed by atoms with van der Waals surface area (Å²) >= 11 is 5.71. The Kier molecular flexibility index (Phi) is 6.09. The lowest BCUT2D eigenvalue weighted by Gasteiger charge is -2.16. The van der Waals surface area contributed by atoms with Crippen molar-refractivity contribution in [2.75, 3.05) is 20.7 Å². The van der Waals surface area contributed by atoms with Crippen LogP contribution in [0.3, 0.4) is 0 Å². The number of nitrogens with zero attached hydrogens (tertiary/aromatic N) is 1. The first-order valence-corrected chi connectivity index (χ1v) is 6.10. The van der Waals surface area contributed by atoms with E-state index < -0.39 is 5.82 Å². The lowest BCUT2D eigenvalue weighted by Crippen LogP contribution is -2.20. The first-order chi connectivity index (χ1) is 8.52. The molecule has 0 amide bonds. The van der Waals surface area contributed by atoms with Crippen LogP contribution in [0.25, 0.3) is 0 Å². The predicted molar refractivity (Wildman–Crippen MR) is 69.0 cm³/mol. The number of hydrogen-bond donors (Lipinski definition) is 0. The van der Waals surface area contributed by atoms with Crippen molar-refractivity contribution in [3.05, 3.63) is 34.6 Å². The summed E-state index contributed by atoms with van der Waals surface area (Å²) in [6, 6.07) is 4.69. The van der Waals surface area contributed by atoms with Crippen LogP contribution in [0.2, 0.25) is 5.02 Å². The Balaban J connectivity index is 2.37. The average Bonchev–Trinajstić information content (AvgIpc) is 2.33. The van der Waals surface area contributed by atoms with Gasteiger partial charge in [-0.3, -0.25) is 4.79 Å². The fourth-order valence-corrected chi connectivity index (χ4v) is 1.83. The highest BCUT2D eigenvalue weighted by molar-refractivity contribution is 6.30. The number of methoxy groups -OCH3 is 1. The highest BCUT2D eigenvalue weighted by atomic mass is 35.5. The Bertz CT molecular complexity index is 412. The van der Waals surface area contributed by atoms with Crippen LogP contribution < -0.4 is 0 Å². The molecular formula is C13H17ClFNO2. The van der Waals surface area contributed by atoms with E-state index >= 15 is 0 Å². The van der Waals surface area contributed by atoms with Crippen molar-refractivity contribution >= 4 is 17.6 Å². The van der Waals surface area contributed by atoms with Crippen molar-refractivity contribution in [2.24, 2.45) is 0 Å². The molecule has 0 atom stereocenters. The third-order valence-corrected chi connectivity index (χ3v) is 2.87. The molecule has 1 aromatic carbocycles. The molecule has 0 N–H and O–H groups in total. The van der Waals surface area contributed by atoms with Crippen LogP contribution in [-0.2, 0) is 16.1 Å². The largest absolute Gasteiger partial charge is 0.469 e. The number of carbonyl (C=O) groups is 1. The molecular weight excluding hydrogens is 257 g/mol. The molecule has 0 saturated carbocycles. The summed E-state index contributed by atoms with van der Waals surface area (Å²) < 4.78 is 17.5. The molecule has 5 heteroatoms. The maximum absolute atomic E-state index is 13.0. The Morgan fingerprint density at radius 3 is 2.83 bits per heavy atom. The molecule has 18 heavy (non-hydrogen) atoms. The zero-order chi connectivity index (χ0) is 13.5. The van der Waals surface area contributed by atoms with Gasteiger partial charge in [0.05, 0.1) is 12.1 Å². The van der Waals surface area contributed by atoms with Crippen molar-refractivity contribution in [3.8, 4) is 0 Å². The highest BCUT2D eigenvalue weighted by Crippen LogP contribution is 2.17. The molecule has 1 rings (SSSR count). The van der Waals surface area contributed by atoms with Crippen LogP contribution in [0.5, 0.6) is 0 Å². The molecule has 0 radical (unpaired) electrons. The minimum atomic E-state index is -0.409. The topological polar surface area (TPSA) is 29.5 Å². The molecule has 0 unspecified atom stereocenters. The van der Waals surface area contributed by atoms with Crippen molar-refractivity contribution < 1.29 is 13.9 Å². The van der Waals surface area contributed by atoms with Gasteiger partial charge in [0, 0.05) is 13.0 Å². The van der Waals surface area contributed by atoms with Gasteiger partial charge in [-0.15, -0.1) is 0 Å². The minimum Gasteiger partial charge on any atom is -0.469 e. The highest BCUT2D eigenvalue weighted by Gasteiger charge is 2.05. The van der Waals surface area contributed by atoms with E-state index in [0.717, 1.165) is 18.5 Å². The summed E-state index contributed by atoms with van der Waals surface area (Å²) in [5.74, 6) is -0.609. The van der Waals surface area contributed by atoms with E-state index in [1.54, 1.807) is 12.1 Å². The van der Waals surface area contributed by atoms with Crippen LogP contribution in [0.1, 0.15) is 18.4 Å². The monoisotopic (exact) mass is 273 g/mol. The number of rotatable bonds is 6. The standard InChI is InChI=1S/C13H17ClFNO2/c1-16(7-3-4-13(17)18-2)9-10-5-6-12(15)11(14)8-10/h5-6,8H,3-4,7,9H2,1-2H3. The van der Waals surface area contributed by atoms with Crippen molar-refractivity contribution in [2.45, 2.75) is 19.4 Å². The van der Waals surface area contributed by atoms with Crippen molar-refractivity contribution in [1.29, 1.82) is 0 Å². The molecule has 0 spiro atoms. The van der Waals surface area contributed by atoms with Crippen LogP contribution in [0.15, 0.2) is 18.2 Å². The molecule has 0 aliphatic carbocycles. The summed E-state index contributed by atoms with van der Waals surface area (Å²) in [7, 11) is 3.32. The summed E-state index contributed by atoms with van der Waals surface area (Å²) in [6.07, 6.45) is 1.14. The van der Waals surface area contributed by atoms with Gasteiger partial charge in [0.1, 0.15) is 5.82 Å². The fraction of sp³-hybridized carbons (Fsp3) is 0.462. The maximum atomic E-state index is 13.0. The normalized spacial score (nSPS) is 10.7. The number of esters is 1. The smallest absolute Gasteiger partial charge is 0.305 e. The molecule has 1 aromatic rings. The number of halogens is 2. The van der Waals surface area contributed by atoms with Crippen LogP contribution >= 0.6 is 11.6 Å². The molecule has 0 heterocycles. The van der Waals surface area contributed by atoms with E-state index in [1.807, 2.05) is 11.9 Å². The Hall–Kier alpha value is -1.13. The number of hydrogen-bond acceptors (Lipinski definition) is 3. The molecule has 0 fully saturated rings. The van der Waals surface area contributed by atoms with Gasteiger partial charge < -0.3 is 9.64 Å². The maximum Gasteiger partial charge on any atom is 0.305 e. The second-order valence-corrected chi connectivity index (χ2v) is 4.57. The van der Waals surface area contributed by atoms with E-state index in [9.17, 15) is 9.18 Å². The lowest BCUT2D eigenvalue weighted by atomic mass is 10.2. The van der Waals surface area contributed by atoms with Gasteiger partial charge in [0.2, 0.25) is 0 Å². The van der Waals surface area contributed by atoms with E-state index in [1.165, 1.54) is 13.2 Å². The van der Waals surface area contributed by atoms with E-state index in [-0.39, 0.29) is 11.0 Å². The van der Waals surface area contributed by atoms with Crippen molar-refractivity contribution in [1.82, 2.24) is 4.90 Å². The van der Waals surface area contributed by atoms with Gasteiger partial charge in [-0.1, -0.05) is 17.7 Å². The van der Waals surface area contributed by atoms with E-state index in [0.29, 0.717) is 13.0 Å². The third-order valence-electron chi connectivity index (χ3n) is 2.58. The van der Waals surface area contributed by atoms with Gasteiger partial charge in [-0.25, -0.2) is 4.39 Å². The van der Waals surface area contributed by atoms with Gasteiger partial charge in [-0.05, 0) is 37.7 Å². The SMILES string of the molecule is COC(=O)CCCN(C)Cc1ccc(F)c(Cl)c1. The van der Waals surface area contributed by atoms with E-state index in [2.05, 4.69) is 4.74 Å². The van der Waals surface area contributed by atoms with Crippen LogP contribution in [0.4, 0.5) is 4.39 Å². The summed E-state index contributed by atoms with van der Waals surface area (Å²) in [6.45, 7) is 1.44. The molecule has 0 bridgehead atoms. The lowest BCUT2D eigenvalue weighted by molar-refractivity contribution is -0.140. The Labute approximate surface area is 111 Å². The second-order valence-electron chi connectivity index (χ2n) is 4.17. The second kappa shape index (κ2) is 7.34. The fourth-order valence-electron chi connectivity index (χ4n) is 1.62. The van der Waals surface area contributed by atoms with Crippen LogP contribution in [0, 0.1) is 5.82 Å². The average molecular weight is 274 g/mol.